The molecule has 0 radical (unpaired) electrons. The summed E-state index contributed by atoms with van der Waals surface area (Å²) in [5, 5.41) is 13.5. The predicted octanol–water partition coefficient (Wildman–Crippen LogP) is 2.92. The van der Waals surface area contributed by atoms with Crippen molar-refractivity contribution in [1.29, 1.82) is 0 Å². The summed E-state index contributed by atoms with van der Waals surface area (Å²) in [6.07, 6.45) is 2.79. The second kappa shape index (κ2) is 9.41. The number of aromatic nitrogens is 3. The highest BCUT2D eigenvalue weighted by atomic mass is 32.2. The Morgan fingerprint density at radius 3 is 2.41 bits per heavy atom. The summed E-state index contributed by atoms with van der Waals surface area (Å²) in [6.45, 7) is 3.56. The van der Waals surface area contributed by atoms with Crippen LogP contribution in [-0.2, 0) is 20.6 Å². The molecule has 1 aliphatic heterocycles. The Labute approximate surface area is 184 Å². The Bertz CT molecular complexity index is 1160. The van der Waals surface area contributed by atoms with Crippen LogP contribution in [0.2, 0.25) is 0 Å². The fourth-order valence-electron chi connectivity index (χ4n) is 3.54. The molecule has 1 saturated heterocycles. The average molecular weight is 467 g/mol. The smallest absolute Gasteiger partial charge is 0.294 e. The molecule has 8 nitrogen and oxygen atoms in total. The molecule has 0 aliphatic carbocycles. The van der Waals surface area contributed by atoms with Crippen LogP contribution in [0.3, 0.4) is 0 Å². The number of hydrogen-bond donors (Lipinski definition) is 2. The van der Waals surface area contributed by atoms with Gasteiger partial charge in [-0.25, -0.2) is 18.4 Å². The number of aryl methyl sites for hydroxylation is 1. The van der Waals surface area contributed by atoms with Gasteiger partial charge in [-0.3, -0.25) is 4.55 Å². The first-order valence-corrected chi connectivity index (χ1v) is 11.1. The third-order valence-corrected chi connectivity index (χ3v) is 6.15. The predicted molar refractivity (Wildman–Crippen MR) is 110 cm³/mol. The standard InChI is InChI=1S/C14H15F2N3O2.C7H8O3S/c1-9-10(6-20)5-14(21-9,19-8-17-7-18-19)12-3-2-11(15)4-13(12)16;1-6-2-4-7(5-3-6)11(8,9)10/h2-4,7-10,20H,5-6H2,1H3;2-5H,1H3,(H,8,9,10)/t9-,10+,14-;/m0./s1. The van der Waals surface area contributed by atoms with Crippen LogP contribution in [0.25, 0.3) is 0 Å². The first-order chi connectivity index (χ1) is 15.1. The number of benzene rings is 2. The Kier molecular flexibility index (Phi) is 7.03. The summed E-state index contributed by atoms with van der Waals surface area (Å²) in [6, 6.07) is 9.33. The van der Waals surface area contributed by atoms with E-state index in [9.17, 15) is 22.3 Å². The van der Waals surface area contributed by atoms with E-state index in [4.69, 9.17) is 9.29 Å². The maximum absolute atomic E-state index is 14.3. The Balaban J connectivity index is 0.000000222. The molecule has 3 atom stereocenters. The zero-order chi connectivity index (χ0) is 23.5. The van der Waals surface area contributed by atoms with Crippen LogP contribution in [0.15, 0.2) is 60.0 Å². The third kappa shape index (κ3) is 5.01. The highest BCUT2D eigenvalue weighted by Gasteiger charge is 2.49. The van der Waals surface area contributed by atoms with Gasteiger partial charge in [0, 0.05) is 30.6 Å². The third-order valence-electron chi connectivity index (χ3n) is 5.28. The molecule has 0 amide bonds. The normalized spacial score (nSPS) is 22.9. The number of hydrogen-bond acceptors (Lipinski definition) is 6. The minimum absolute atomic E-state index is 0.0666. The lowest BCUT2D eigenvalue weighted by Crippen LogP contribution is -2.36. The van der Waals surface area contributed by atoms with E-state index in [0.717, 1.165) is 11.6 Å². The Morgan fingerprint density at radius 2 is 1.91 bits per heavy atom. The van der Waals surface area contributed by atoms with Crippen molar-refractivity contribution < 1.29 is 31.6 Å². The van der Waals surface area contributed by atoms with E-state index in [1.54, 1.807) is 19.1 Å². The van der Waals surface area contributed by atoms with E-state index in [1.165, 1.54) is 41.6 Å². The van der Waals surface area contributed by atoms with Crippen LogP contribution in [0.4, 0.5) is 8.78 Å². The van der Waals surface area contributed by atoms with Crippen molar-refractivity contribution in [2.75, 3.05) is 6.61 Å². The second-order valence-electron chi connectivity index (χ2n) is 7.51. The molecule has 32 heavy (non-hydrogen) atoms. The van der Waals surface area contributed by atoms with Gasteiger partial charge in [-0.05, 0) is 38.1 Å². The molecule has 2 N–H and O–H groups in total. The van der Waals surface area contributed by atoms with E-state index in [0.29, 0.717) is 6.42 Å². The van der Waals surface area contributed by atoms with Crippen molar-refractivity contribution in [3.8, 4) is 0 Å². The maximum Gasteiger partial charge on any atom is 0.294 e. The molecule has 0 spiro atoms. The maximum atomic E-state index is 14.3. The van der Waals surface area contributed by atoms with Gasteiger partial charge < -0.3 is 9.84 Å². The number of aliphatic hydroxyl groups is 1. The van der Waals surface area contributed by atoms with Gasteiger partial charge in [-0.15, -0.1) is 0 Å². The van der Waals surface area contributed by atoms with Gasteiger partial charge in [-0.1, -0.05) is 17.7 Å². The van der Waals surface area contributed by atoms with Crippen LogP contribution in [0, 0.1) is 24.5 Å². The number of rotatable bonds is 4. The van der Waals surface area contributed by atoms with E-state index < -0.39 is 27.5 Å². The first kappa shape index (κ1) is 23.9. The van der Waals surface area contributed by atoms with E-state index >= 15 is 0 Å². The van der Waals surface area contributed by atoms with E-state index in [1.807, 2.05) is 6.92 Å². The van der Waals surface area contributed by atoms with Gasteiger partial charge >= 0.3 is 0 Å². The van der Waals surface area contributed by atoms with Gasteiger partial charge in [0.15, 0.2) is 5.72 Å². The van der Waals surface area contributed by atoms with Crippen LogP contribution >= 0.6 is 0 Å². The van der Waals surface area contributed by atoms with Gasteiger partial charge in [0.05, 0.1) is 11.0 Å². The minimum Gasteiger partial charge on any atom is -0.396 e. The molecule has 11 heteroatoms. The minimum atomic E-state index is -4.02. The molecule has 0 unspecified atom stereocenters. The van der Waals surface area contributed by atoms with Gasteiger partial charge in [0.1, 0.15) is 24.3 Å². The van der Waals surface area contributed by atoms with Crippen molar-refractivity contribution in [1.82, 2.24) is 14.8 Å². The van der Waals surface area contributed by atoms with Gasteiger partial charge in [-0.2, -0.15) is 13.5 Å². The molecule has 2 aromatic carbocycles. The molecule has 172 valence electrons. The monoisotopic (exact) mass is 467 g/mol. The zero-order valence-corrected chi connectivity index (χ0v) is 18.2. The first-order valence-electron chi connectivity index (χ1n) is 9.70. The van der Waals surface area contributed by atoms with E-state index in [2.05, 4.69) is 10.1 Å². The molecule has 0 saturated carbocycles. The lowest BCUT2D eigenvalue weighted by atomic mass is 9.92. The number of halogens is 2. The highest BCUT2D eigenvalue weighted by Crippen LogP contribution is 2.44. The molecule has 3 aromatic rings. The summed E-state index contributed by atoms with van der Waals surface area (Å²) in [5.74, 6) is -1.54. The van der Waals surface area contributed by atoms with Gasteiger partial charge in [0.2, 0.25) is 0 Å². The summed E-state index contributed by atoms with van der Waals surface area (Å²) in [5.41, 5.74) is -0.0872. The van der Waals surface area contributed by atoms with Crippen molar-refractivity contribution in [3.63, 3.8) is 0 Å². The van der Waals surface area contributed by atoms with Crippen molar-refractivity contribution in [2.24, 2.45) is 5.92 Å². The summed E-state index contributed by atoms with van der Waals surface area (Å²) in [7, 11) is -4.02. The molecule has 4 rings (SSSR count). The lowest BCUT2D eigenvalue weighted by molar-refractivity contribution is -0.0742. The molecular weight excluding hydrogens is 444 g/mol. The Hall–Kier alpha value is -2.73. The quantitative estimate of drug-likeness (QED) is 0.567. The average Bonchev–Trinajstić information content (AvgIpc) is 3.37. The fraction of sp³-hybridized carbons (Fsp3) is 0.333. The second-order valence-corrected chi connectivity index (χ2v) is 8.93. The SMILES string of the molecule is C[C@@H]1O[C@@](c2ccc(F)cc2F)(n2cncn2)C[C@@H]1CO.Cc1ccc(S(=O)(=O)O)cc1. The molecule has 0 bridgehead atoms. The lowest BCUT2D eigenvalue weighted by Gasteiger charge is -2.30. The Morgan fingerprint density at radius 1 is 1.22 bits per heavy atom. The van der Waals surface area contributed by atoms with E-state index in [-0.39, 0.29) is 29.1 Å². The van der Waals surface area contributed by atoms with Crippen molar-refractivity contribution >= 4 is 10.1 Å². The fourth-order valence-corrected chi connectivity index (χ4v) is 4.02. The van der Waals surface area contributed by atoms with Crippen LogP contribution in [0.5, 0.6) is 0 Å². The largest absolute Gasteiger partial charge is 0.396 e. The number of aliphatic hydroxyl groups excluding tert-OH is 1. The summed E-state index contributed by atoms with van der Waals surface area (Å²) in [4.78, 5) is 3.81. The van der Waals surface area contributed by atoms with Crippen molar-refractivity contribution in [2.45, 2.75) is 37.0 Å². The van der Waals surface area contributed by atoms with Crippen LogP contribution < -0.4 is 0 Å². The molecule has 1 fully saturated rings. The molecule has 1 aromatic heterocycles. The summed E-state index contributed by atoms with van der Waals surface area (Å²) >= 11 is 0. The number of ether oxygens (including phenoxy) is 1. The van der Waals surface area contributed by atoms with Crippen LogP contribution in [0.1, 0.15) is 24.5 Å². The molecule has 2 heterocycles. The molecule has 1 aliphatic rings. The zero-order valence-electron chi connectivity index (χ0n) is 17.4. The highest BCUT2D eigenvalue weighted by molar-refractivity contribution is 7.85. The number of nitrogens with zero attached hydrogens (tertiary/aromatic N) is 3. The summed E-state index contributed by atoms with van der Waals surface area (Å²) < 4.78 is 64.3. The molecular formula is C21H23F2N3O5S. The van der Waals surface area contributed by atoms with Crippen molar-refractivity contribution in [3.05, 3.63) is 77.9 Å². The topological polar surface area (TPSA) is 115 Å². The van der Waals surface area contributed by atoms with Crippen LogP contribution in [-0.4, -0.2) is 45.6 Å². The van der Waals surface area contributed by atoms with Gasteiger partial charge in [0.25, 0.3) is 10.1 Å².